The van der Waals surface area contributed by atoms with Crippen LogP contribution in [0.15, 0.2) is 18.3 Å². The van der Waals surface area contributed by atoms with Gasteiger partial charge in [0.15, 0.2) is 0 Å². The van der Waals surface area contributed by atoms with E-state index in [2.05, 4.69) is 15.2 Å². The van der Waals surface area contributed by atoms with Gasteiger partial charge in [-0.05, 0) is 44.4 Å². The van der Waals surface area contributed by atoms with Crippen LogP contribution >= 0.6 is 11.6 Å². The first kappa shape index (κ1) is 12.9. The molecule has 0 spiro atoms. The highest BCUT2D eigenvalue weighted by Gasteiger charge is 2.32. The first-order valence-electron chi connectivity index (χ1n) is 6.89. The largest absolute Gasteiger partial charge is 0.349 e. The fraction of sp³-hybridized carbons (Fsp3) is 0.571. The second kappa shape index (κ2) is 5.47. The zero-order valence-electron chi connectivity index (χ0n) is 10.8. The van der Waals surface area contributed by atoms with Crippen LogP contribution < -0.4 is 5.32 Å². The minimum atomic E-state index is -0.0411. The molecule has 3 rings (SSSR count). The number of nitrogens with one attached hydrogen (secondary N) is 1. The molecule has 2 fully saturated rings. The summed E-state index contributed by atoms with van der Waals surface area (Å²) in [5, 5.41) is 3.53. The molecule has 2 aliphatic rings. The van der Waals surface area contributed by atoms with Gasteiger partial charge < -0.3 is 10.2 Å². The lowest BCUT2D eigenvalue weighted by molar-refractivity contribution is 0.0896. The molecule has 4 nitrogen and oxygen atoms in total. The monoisotopic (exact) mass is 279 g/mol. The van der Waals surface area contributed by atoms with Crippen molar-refractivity contribution in [1.82, 2.24) is 15.2 Å². The van der Waals surface area contributed by atoms with Crippen LogP contribution in [0.25, 0.3) is 0 Å². The lowest BCUT2D eigenvalue weighted by Crippen LogP contribution is -2.47. The molecule has 1 aromatic heterocycles. The van der Waals surface area contributed by atoms with E-state index in [1.165, 1.54) is 25.6 Å². The standard InChI is InChI=1S/C14H18ClN3O/c15-13-4-3-10(9-16-13)14(19)17-11-5-7-18-6-1-2-12(18)8-11/h3-4,9,11-12H,1-2,5-8H2,(H,17,19). The van der Waals surface area contributed by atoms with E-state index in [4.69, 9.17) is 11.6 Å². The number of piperidine rings is 1. The Kier molecular flexibility index (Phi) is 3.71. The third-order valence-corrected chi connectivity index (χ3v) is 4.37. The Morgan fingerprint density at radius 1 is 1.37 bits per heavy atom. The second-order valence-electron chi connectivity index (χ2n) is 5.40. The predicted molar refractivity (Wildman–Crippen MR) is 74.3 cm³/mol. The molecule has 0 aromatic carbocycles. The van der Waals surface area contributed by atoms with Crippen molar-refractivity contribution < 1.29 is 4.79 Å². The number of fused-ring (bicyclic) bond motifs is 1. The maximum atomic E-state index is 12.1. The van der Waals surface area contributed by atoms with E-state index in [1.54, 1.807) is 12.1 Å². The van der Waals surface area contributed by atoms with Crippen LogP contribution in [0, 0.1) is 0 Å². The molecular formula is C14H18ClN3O. The molecule has 0 radical (unpaired) electrons. The molecule has 2 saturated heterocycles. The average Bonchev–Trinajstić information content (AvgIpc) is 2.87. The van der Waals surface area contributed by atoms with Crippen molar-refractivity contribution in [2.45, 2.75) is 37.8 Å². The van der Waals surface area contributed by atoms with Gasteiger partial charge in [-0.25, -0.2) is 4.98 Å². The van der Waals surface area contributed by atoms with Crippen LogP contribution in [0.2, 0.25) is 5.15 Å². The summed E-state index contributed by atoms with van der Waals surface area (Å²) in [6.07, 6.45) is 6.22. The SMILES string of the molecule is O=C(NC1CCN2CCCC2C1)c1ccc(Cl)nc1. The maximum absolute atomic E-state index is 12.1. The Morgan fingerprint density at radius 3 is 3.05 bits per heavy atom. The van der Waals surface area contributed by atoms with Gasteiger partial charge in [0.25, 0.3) is 5.91 Å². The summed E-state index contributed by atoms with van der Waals surface area (Å²) < 4.78 is 0. The number of aromatic nitrogens is 1. The molecule has 2 aliphatic heterocycles. The van der Waals surface area contributed by atoms with E-state index in [-0.39, 0.29) is 5.91 Å². The van der Waals surface area contributed by atoms with Crippen molar-refractivity contribution >= 4 is 17.5 Å². The number of pyridine rings is 1. The molecule has 0 saturated carbocycles. The first-order chi connectivity index (χ1) is 9.22. The summed E-state index contributed by atoms with van der Waals surface area (Å²) in [4.78, 5) is 18.6. The summed E-state index contributed by atoms with van der Waals surface area (Å²) in [5.41, 5.74) is 0.582. The molecule has 0 aliphatic carbocycles. The van der Waals surface area contributed by atoms with Crippen LogP contribution in [-0.4, -0.2) is 41.0 Å². The maximum Gasteiger partial charge on any atom is 0.253 e. The molecule has 1 aromatic rings. The second-order valence-corrected chi connectivity index (χ2v) is 5.78. The van der Waals surface area contributed by atoms with E-state index in [0.29, 0.717) is 22.8 Å². The lowest BCUT2D eigenvalue weighted by atomic mass is 9.97. The zero-order valence-corrected chi connectivity index (χ0v) is 11.6. The van der Waals surface area contributed by atoms with Crippen LogP contribution in [-0.2, 0) is 0 Å². The molecule has 2 atom stereocenters. The number of carbonyl (C=O) groups excluding carboxylic acids is 1. The summed E-state index contributed by atoms with van der Waals surface area (Å²) in [6, 6.07) is 4.33. The smallest absolute Gasteiger partial charge is 0.253 e. The predicted octanol–water partition coefficient (Wildman–Crippen LogP) is 2.09. The minimum Gasteiger partial charge on any atom is -0.349 e. The minimum absolute atomic E-state index is 0.0411. The van der Waals surface area contributed by atoms with Gasteiger partial charge in [-0.15, -0.1) is 0 Å². The highest BCUT2D eigenvalue weighted by atomic mass is 35.5. The number of hydrogen-bond donors (Lipinski definition) is 1. The number of nitrogens with zero attached hydrogens (tertiary/aromatic N) is 2. The summed E-state index contributed by atoms with van der Waals surface area (Å²) in [6.45, 7) is 2.33. The fourth-order valence-electron chi connectivity index (χ4n) is 3.13. The van der Waals surface area contributed by atoms with E-state index in [0.717, 1.165) is 19.4 Å². The third kappa shape index (κ3) is 2.90. The van der Waals surface area contributed by atoms with Crippen LogP contribution in [0.4, 0.5) is 0 Å². The van der Waals surface area contributed by atoms with Gasteiger partial charge in [0, 0.05) is 24.8 Å². The van der Waals surface area contributed by atoms with Crippen molar-refractivity contribution in [3.05, 3.63) is 29.0 Å². The molecule has 19 heavy (non-hydrogen) atoms. The van der Waals surface area contributed by atoms with Gasteiger partial charge in [-0.1, -0.05) is 11.6 Å². The van der Waals surface area contributed by atoms with Crippen molar-refractivity contribution in [3.8, 4) is 0 Å². The molecular weight excluding hydrogens is 262 g/mol. The highest BCUT2D eigenvalue weighted by molar-refractivity contribution is 6.29. The van der Waals surface area contributed by atoms with Crippen molar-refractivity contribution in [2.75, 3.05) is 13.1 Å². The van der Waals surface area contributed by atoms with E-state index in [9.17, 15) is 4.79 Å². The Morgan fingerprint density at radius 2 is 2.26 bits per heavy atom. The van der Waals surface area contributed by atoms with Crippen molar-refractivity contribution in [3.63, 3.8) is 0 Å². The van der Waals surface area contributed by atoms with Gasteiger partial charge in [0.05, 0.1) is 5.56 Å². The van der Waals surface area contributed by atoms with E-state index in [1.807, 2.05) is 0 Å². The van der Waals surface area contributed by atoms with E-state index < -0.39 is 0 Å². The Hall–Kier alpha value is -1.13. The normalized spacial score (nSPS) is 27.0. The van der Waals surface area contributed by atoms with Crippen molar-refractivity contribution in [1.29, 1.82) is 0 Å². The Bertz CT molecular complexity index is 462. The van der Waals surface area contributed by atoms with Crippen molar-refractivity contribution in [2.24, 2.45) is 0 Å². The van der Waals surface area contributed by atoms with Gasteiger partial charge >= 0.3 is 0 Å². The van der Waals surface area contributed by atoms with Crippen LogP contribution in [0.5, 0.6) is 0 Å². The van der Waals surface area contributed by atoms with Gasteiger partial charge in [-0.2, -0.15) is 0 Å². The topological polar surface area (TPSA) is 45.2 Å². The quantitative estimate of drug-likeness (QED) is 0.843. The van der Waals surface area contributed by atoms with Gasteiger partial charge in [-0.3, -0.25) is 4.79 Å². The molecule has 3 heterocycles. The number of rotatable bonds is 2. The van der Waals surface area contributed by atoms with E-state index >= 15 is 0 Å². The first-order valence-corrected chi connectivity index (χ1v) is 7.26. The Balaban J connectivity index is 1.59. The summed E-state index contributed by atoms with van der Waals surface area (Å²) >= 11 is 5.72. The number of halogens is 1. The Labute approximate surface area is 118 Å². The lowest BCUT2D eigenvalue weighted by Gasteiger charge is -2.35. The molecule has 102 valence electrons. The molecule has 1 N–H and O–H groups in total. The van der Waals surface area contributed by atoms with Gasteiger partial charge in [0.2, 0.25) is 0 Å². The number of hydrogen-bond acceptors (Lipinski definition) is 3. The highest BCUT2D eigenvalue weighted by Crippen LogP contribution is 2.26. The molecule has 1 amide bonds. The summed E-state index contributed by atoms with van der Waals surface area (Å²) in [7, 11) is 0. The summed E-state index contributed by atoms with van der Waals surface area (Å²) in [5.74, 6) is -0.0411. The molecule has 0 bridgehead atoms. The third-order valence-electron chi connectivity index (χ3n) is 4.15. The fourth-order valence-corrected chi connectivity index (χ4v) is 3.25. The van der Waals surface area contributed by atoms with Crippen LogP contribution in [0.1, 0.15) is 36.0 Å². The number of carbonyl (C=O) groups is 1. The molecule has 2 unspecified atom stereocenters. The van der Waals surface area contributed by atoms with Gasteiger partial charge in [0.1, 0.15) is 5.15 Å². The number of amides is 1. The van der Waals surface area contributed by atoms with Crippen LogP contribution in [0.3, 0.4) is 0 Å². The zero-order chi connectivity index (χ0) is 13.2. The molecule has 5 heteroatoms. The average molecular weight is 280 g/mol.